The van der Waals surface area contributed by atoms with Crippen molar-refractivity contribution < 1.29 is 19.4 Å². The second-order valence-electron chi connectivity index (χ2n) is 5.39. The fraction of sp³-hybridized carbons (Fsp3) is 0.200. The van der Waals surface area contributed by atoms with Gasteiger partial charge in [-0.3, -0.25) is 9.59 Å². The molecule has 0 fully saturated rings. The molecule has 130 valence electrons. The van der Waals surface area contributed by atoms with Gasteiger partial charge in [0.2, 0.25) is 5.91 Å². The van der Waals surface area contributed by atoms with Crippen molar-refractivity contribution in [2.24, 2.45) is 0 Å². The number of benzene rings is 2. The molecule has 0 bridgehead atoms. The van der Waals surface area contributed by atoms with E-state index in [0.29, 0.717) is 24.5 Å². The second-order valence-corrected chi connectivity index (χ2v) is 5.39. The third kappa shape index (κ3) is 5.21. The maximum Gasteiger partial charge on any atom is 0.243 e. The number of ether oxygens (including phenoxy) is 1. The lowest BCUT2D eigenvalue weighted by molar-refractivity contribution is -0.116. The molecule has 0 saturated heterocycles. The minimum absolute atomic E-state index is 0.0553. The number of phenolic OH excluding ortho intramolecular Hbond substituents is 1. The van der Waals surface area contributed by atoms with Crippen LogP contribution in [0.25, 0.3) is 0 Å². The van der Waals surface area contributed by atoms with Crippen LogP contribution in [-0.4, -0.2) is 29.9 Å². The highest BCUT2D eigenvalue weighted by Gasteiger charge is 2.17. The van der Waals surface area contributed by atoms with E-state index in [-0.39, 0.29) is 23.0 Å². The number of carbonyl (C=O) groups excluding carboxylic acids is 2. The lowest BCUT2D eigenvalue weighted by atomic mass is 10.0. The third-order valence-electron chi connectivity index (χ3n) is 3.59. The van der Waals surface area contributed by atoms with Crippen molar-refractivity contribution in [3.8, 4) is 11.5 Å². The number of ketones is 1. The van der Waals surface area contributed by atoms with Crippen LogP contribution >= 0.6 is 0 Å². The highest BCUT2D eigenvalue weighted by atomic mass is 16.5. The molecule has 0 unspecified atom stereocenters. The summed E-state index contributed by atoms with van der Waals surface area (Å²) in [6.07, 6.45) is 2.73. The van der Waals surface area contributed by atoms with Crippen molar-refractivity contribution >= 4 is 11.7 Å². The van der Waals surface area contributed by atoms with E-state index in [1.54, 1.807) is 42.5 Å². The zero-order chi connectivity index (χ0) is 18.1. The van der Waals surface area contributed by atoms with Crippen LogP contribution in [0, 0.1) is 0 Å². The molecule has 2 aromatic carbocycles. The molecule has 1 amide bonds. The first kappa shape index (κ1) is 18.3. The number of rotatable bonds is 9. The quantitative estimate of drug-likeness (QED) is 0.418. The molecule has 2 aromatic rings. The van der Waals surface area contributed by atoms with Gasteiger partial charge in [-0.05, 0) is 43.2 Å². The fourth-order valence-electron chi connectivity index (χ4n) is 2.28. The Morgan fingerprint density at radius 1 is 1.04 bits per heavy atom. The van der Waals surface area contributed by atoms with Gasteiger partial charge in [0, 0.05) is 6.54 Å². The van der Waals surface area contributed by atoms with E-state index in [1.165, 1.54) is 12.1 Å². The number of hydrogen-bond donors (Lipinski definition) is 2. The van der Waals surface area contributed by atoms with Crippen LogP contribution in [0.1, 0.15) is 28.8 Å². The molecule has 0 aromatic heterocycles. The first-order valence-corrected chi connectivity index (χ1v) is 8.08. The van der Waals surface area contributed by atoms with E-state index < -0.39 is 0 Å². The van der Waals surface area contributed by atoms with Crippen molar-refractivity contribution in [1.29, 1.82) is 0 Å². The van der Waals surface area contributed by atoms with E-state index in [1.807, 2.05) is 0 Å². The van der Waals surface area contributed by atoms with Crippen LogP contribution in [0.2, 0.25) is 0 Å². The summed E-state index contributed by atoms with van der Waals surface area (Å²) in [5.74, 6) is -0.0578. The molecule has 0 radical (unpaired) electrons. The Kier molecular flexibility index (Phi) is 6.77. The van der Waals surface area contributed by atoms with E-state index in [9.17, 15) is 14.7 Å². The molecule has 5 nitrogen and oxygen atoms in total. The number of nitrogens with one attached hydrogen (secondary N) is 1. The van der Waals surface area contributed by atoms with Crippen LogP contribution in [0.4, 0.5) is 0 Å². The molecule has 0 heterocycles. The summed E-state index contributed by atoms with van der Waals surface area (Å²) in [6, 6.07) is 13.4. The SMILES string of the molecule is C=CC(=O)NCCCCOc1ccccc1C(=O)c1ccccc1O. The molecule has 0 atom stereocenters. The van der Waals surface area contributed by atoms with Crippen LogP contribution in [0.3, 0.4) is 0 Å². The van der Waals surface area contributed by atoms with Gasteiger partial charge in [-0.15, -0.1) is 0 Å². The summed E-state index contributed by atoms with van der Waals surface area (Å²) in [6.45, 7) is 4.36. The molecule has 2 rings (SSSR count). The van der Waals surface area contributed by atoms with Crippen molar-refractivity contribution in [3.05, 3.63) is 72.3 Å². The molecule has 2 N–H and O–H groups in total. The first-order chi connectivity index (χ1) is 12.1. The van der Waals surface area contributed by atoms with Gasteiger partial charge in [-0.2, -0.15) is 0 Å². The molecule has 5 heteroatoms. The zero-order valence-corrected chi connectivity index (χ0v) is 13.9. The van der Waals surface area contributed by atoms with Gasteiger partial charge >= 0.3 is 0 Å². The standard InChI is InChI=1S/C20H21NO4/c1-2-19(23)21-13-7-8-14-25-18-12-6-4-10-16(18)20(24)15-9-3-5-11-17(15)22/h2-6,9-12,22H,1,7-8,13-14H2,(H,21,23). The fourth-order valence-corrected chi connectivity index (χ4v) is 2.28. The van der Waals surface area contributed by atoms with Crippen LogP contribution in [-0.2, 0) is 4.79 Å². The molecule has 0 aliphatic heterocycles. The number of amides is 1. The molecular formula is C20H21NO4. The smallest absolute Gasteiger partial charge is 0.243 e. The highest BCUT2D eigenvalue weighted by Crippen LogP contribution is 2.25. The topological polar surface area (TPSA) is 75.6 Å². The van der Waals surface area contributed by atoms with Crippen molar-refractivity contribution in [3.63, 3.8) is 0 Å². The Bertz CT molecular complexity index is 755. The zero-order valence-electron chi connectivity index (χ0n) is 13.9. The monoisotopic (exact) mass is 339 g/mol. The summed E-state index contributed by atoms with van der Waals surface area (Å²) in [4.78, 5) is 23.7. The maximum atomic E-state index is 12.6. The molecule has 0 saturated carbocycles. The van der Waals surface area contributed by atoms with Gasteiger partial charge in [-0.1, -0.05) is 30.8 Å². The molecule has 0 aliphatic carbocycles. The van der Waals surface area contributed by atoms with Crippen LogP contribution in [0.5, 0.6) is 11.5 Å². The average Bonchev–Trinajstić information content (AvgIpc) is 2.64. The summed E-state index contributed by atoms with van der Waals surface area (Å²) in [5, 5.41) is 12.6. The van der Waals surface area contributed by atoms with E-state index in [0.717, 1.165) is 12.8 Å². The lowest BCUT2D eigenvalue weighted by Crippen LogP contribution is -2.22. The molecule has 25 heavy (non-hydrogen) atoms. The number of para-hydroxylation sites is 2. The van der Waals surface area contributed by atoms with Gasteiger partial charge in [0.05, 0.1) is 17.7 Å². The Hall–Kier alpha value is -3.08. The largest absolute Gasteiger partial charge is 0.507 e. The summed E-state index contributed by atoms with van der Waals surface area (Å²) in [5.41, 5.74) is 0.648. The maximum absolute atomic E-state index is 12.6. The number of aromatic hydroxyl groups is 1. The molecular weight excluding hydrogens is 318 g/mol. The van der Waals surface area contributed by atoms with E-state index in [2.05, 4.69) is 11.9 Å². The van der Waals surface area contributed by atoms with Crippen molar-refractivity contribution in [1.82, 2.24) is 5.32 Å². The first-order valence-electron chi connectivity index (χ1n) is 8.08. The normalized spacial score (nSPS) is 10.1. The number of hydrogen-bond acceptors (Lipinski definition) is 4. The highest BCUT2D eigenvalue weighted by molar-refractivity contribution is 6.12. The Balaban J connectivity index is 1.94. The molecule has 0 aliphatic rings. The van der Waals surface area contributed by atoms with Crippen LogP contribution in [0.15, 0.2) is 61.2 Å². The average molecular weight is 339 g/mol. The Labute approximate surface area is 146 Å². The Morgan fingerprint density at radius 2 is 1.72 bits per heavy atom. The van der Waals surface area contributed by atoms with Gasteiger partial charge in [-0.25, -0.2) is 0 Å². The van der Waals surface area contributed by atoms with E-state index >= 15 is 0 Å². The predicted molar refractivity (Wildman–Crippen MR) is 95.9 cm³/mol. The predicted octanol–water partition coefficient (Wildman–Crippen LogP) is 3.08. The summed E-state index contributed by atoms with van der Waals surface area (Å²) < 4.78 is 5.72. The van der Waals surface area contributed by atoms with Gasteiger partial charge in [0.1, 0.15) is 11.5 Å². The number of phenols is 1. The minimum atomic E-state index is -0.285. The number of carbonyl (C=O) groups is 2. The second kappa shape index (κ2) is 9.27. The van der Waals surface area contributed by atoms with Crippen LogP contribution < -0.4 is 10.1 Å². The van der Waals surface area contributed by atoms with Gasteiger partial charge in [0.15, 0.2) is 5.78 Å². The van der Waals surface area contributed by atoms with Gasteiger partial charge < -0.3 is 15.2 Å². The van der Waals surface area contributed by atoms with Crippen molar-refractivity contribution in [2.45, 2.75) is 12.8 Å². The van der Waals surface area contributed by atoms with E-state index in [4.69, 9.17) is 4.74 Å². The van der Waals surface area contributed by atoms with Gasteiger partial charge in [0.25, 0.3) is 0 Å². The van der Waals surface area contributed by atoms with Crippen molar-refractivity contribution in [2.75, 3.05) is 13.2 Å². The molecule has 0 spiro atoms. The summed E-state index contributed by atoms with van der Waals surface area (Å²) in [7, 11) is 0. The number of unbranched alkanes of at least 4 members (excludes halogenated alkanes) is 1. The Morgan fingerprint density at radius 3 is 2.44 bits per heavy atom. The summed E-state index contributed by atoms with van der Waals surface area (Å²) >= 11 is 0. The minimum Gasteiger partial charge on any atom is -0.507 e. The third-order valence-corrected chi connectivity index (χ3v) is 3.59. The lowest BCUT2D eigenvalue weighted by Gasteiger charge is -2.11.